The molecule has 0 radical (unpaired) electrons. The summed E-state index contributed by atoms with van der Waals surface area (Å²) >= 11 is 1.24. The molecule has 5 rings (SSSR count). The van der Waals surface area contributed by atoms with Gasteiger partial charge in [-0.15, -0.1) is 0 Å². The first-order chi connectivity index (χ1) is 17.0. The minimum absolute atomic E-state index is 0.151. The highest BCUT2D eigenvalue weighted by molar-refractivity contribution is 7.19. The van der Waals surface area contributed by atoms with E-state index in [2.05, 4.69) is 20.3 Å². The molecule has 0 atom stereocenters. The fourth-order valence-corrected chi connectivity index (χ4v) is 4.81. The number of amides is 2. The number of methoxy groups -OCH3 is 1. The van der Waals surface area contributed by atoms with Gasteiger partial charge in [0.2, 0.25) is 4.96 Å². The molecule has 1 aliphatic heterocycles. The molecule has 2 aromatic carbocycles. The van der Waals surface area contributed by atoms with Gasteiger partial charge in [-0.1, -0.05) is 23.5 Å². The zero-order chi connectivity index (χ0) is 24.4. The van der Waals surface area contributed by atoms with Crippen molar-refractivity contribution in [1.82, 2.24) is 24.4 Å². The van der Waals surface area contributed by atoms with Gasteiger partial charge in [0.15, 0.2) is 0 Å². The van der Waals surface area contributed by atoms with Crippen molar-refractivity contribution >= 4 is 28.0 Å². The van der Waals surface area contributed by atoms with Crippen LogP contribution in [0.1, 0.15) is 5.69 Å². The fraction of sp³-hybridized carbons (Fsp3) is 0.250. The molecule has 11 heteroatoms. The van der Waals surface area contributed by atoms with E-state index in [-0.39, 0.29) is 17.4 Å². The summed E-state index contributed by atoms with van der Waals surface area (Å²) in [6.07, 6.45) is 0. The van der Waals surface area contributed by atoms with E-state index in [0.29, 0.717) is 59.6 Å². The summed E-state index contributed by atoms with van der Waals surface area (Å²) in [6, 6.07) is 14.6. The summed E-state index contributed by atoms with van der Waals surface area (Å²) in [7, 11) is 1.60. The van der Waals surface area contributed by atoms with Crippen molar-refractivity contribution in [3.8, 4) is 16.3 Å². The number of nitrogens with one attached hydrogen (secondary N) is 1. The molecule has 0 aliphatic carbocycles. The summed E-state index contributed by atoms with van der Waals surface area (Å²) in [5, 5.41) is 7.74. The van der Waals surface area contributed by atoms with E-state index in [1.165, 1.54) is 34.1 Å². The quantitative estimate of drug-likeness (QED) is 0.458. The third-order valence-electron chi connectivity index (χ3n) is 5.76. The highest BCUT2D eigenvalue weighted by Gasteiger charge is 2.22. The van der Waals surface area contributed by atoms with Crippen LogP contribution in [0.2, 0.25) is 0 Å². The molecule has 2 aromatic heterocycles. The predicted molar refractivity (Wildman–Crippen MR) is 131 cm³/mol. The lowest BCUT2D eigenvalue weighted by molar-refractivity contribution is 0.142. The molecular weight excluding hydrogens is 471 g/mol. The van der Waals surface area contributed by atoms with Crippen molar-refractivity contribution in [3.63, 3.8) is 0 Å². The summed E-state index contributed by atoms with van der Waals surface area (Å²) in [4.78, 5) is 34.2. The Kier molecular flexibility index (Phi) is 6.43. The average molecular weight is 495 g/mol. The number of anilines is 1. The Morgan fingerprint density at radius 3 is 2.60 bits per heavy atom. The van der Waals surface area contributed by atoms with Gasteiger partial charge in [-0.2, -0.15) is 9.61 Å². The molecule has 1 aliphatic rings. The van der Waals surface area contributed by atoms with Gasteiger partial charge in [-0.25, -0.2) is 14.2 Å². The molecule has 2 amide bonds. The molecule has 35 heavy (non-hydrogen) atoms. The second-order valence-electron chi connectivity index (χ2n) is 8.12. The SMILES string of the molecule is COc1ccc(NC(=O)N2CCN(Cc3cc(=O)n4nc(-c5cccc(F)c5)sc4n3)CC2)cc1. The number of rotatable bonds is 5. The maximum atomic E-state index is 13.6. The van der Waals surface area contributed by atoms with Crippen LogP contribution < -0.4 is 15.6 Å². The van der Waals surface area contributed by atoms with Gasteiger partial charge in [0.05, 0.1) is 12.8 Å². The normalized spacial score (nSPS) is 14.3. The lowest BCUT2D eigenvalue weighted by Crippen LogP contribution is -2.49. The van der Waals surface area contributed by atoms with Gasteiger partial charge < -0.3 is 15.0 Å². The number of carbonyl (C=O) groups excluding carboxylic acids is 1. The van der Waals surface area contributed by atoms with Gasteiger partial charge >= 0.3 is 6.03 Å². The Hall–Kier alpha value is -3.83. The van der Waals surface area contributed by atoms with Crippen molar-refractivity contribution in [1.29, 1.82) is 0 Å². The van der Waals surface area contributed by atoms with Gasteiger partial charge in [-0.05, 0) is 36.4 Å². The van der Waals surface area contributed by atoms with Crippen LogP contribution in [0, 0.1) is 5.82 Å². The number of carbonyl (C=O) groups is 1. The number of hydrogen-bond acceptors (Lipinski definition) is 7. The molecule has 180 valence electrons. The van der Waals surface area contributed by atoms with Crippen LogP contribution >= 0.6 is 11.3 Å². The number of piperazine rings is 1. The number of benzene rings is 2. The van der Waals surface area contributed by atoms with Crippen molar-refractivity contribution in [2.24, 2.45) is 0 Å². The van der Waals surface area contributed by atoms with Gasteiger partial charge in [0.25, 0.3) is 5.56 Å². The van der Waals surface area contributed by atoms with Crippen LogP contribution in [-0.2, 0) is 6.54 Å². The van der Waals surface area contributed by atoms with E-state index in [4.69, 9.17) is 4.74 Å². The minimum Gasteiger partial charge on any atom is -0.497 e. The molecule has 0 saturated carbocycles. The molecule has 0 spiro atoms. The number of nitrogens with zero attached hydrogens (tertiary/aromatic N) is 5. The summed E-state index contributed by atoms with van der Waals surface area (Å²) < 4.78 is 20.0. The first-order valence-electron chi connectivity index (χ1n) is 11.1. The third-order valence-corrected chi connectivity index (χ3v) is 6.71. The number of halogens is 1. The number of aromatic nitrogens is 3. The van der Waals surface area contributed by atoms with Crippen molar-refractivity contribution in [2.75, 3.05) is 38.6 Å². The number of urea groups is 1. The van der Waals surface area contributed by atoms with Crippen molar-refractivity contribution in [2.45, 2.75) is 6.54 Å². The molecule has 1 saturated heterocycles. The van der Waals surface area contributed by atoms with E-state index < -0.39 is 0 Å². The van der Waals surface area contributed by atoms with E-state index in [9.17, 15) is 14.0 Å². The average Bonchev–Trinajstić information content (AvgIpc) is 3.30. The van der Waals surface area contributed by atoms with E-state index in [1.807, 2.05) is 0 Å². The first kappa shape index (κ1) is 22.9. The monoisotopic (exact) mass is 494 g/mol. The van der Waals surface area contributed by atoms with Gasteiger partial charge in [-0.3, -0.25) is 9.69 Å². The second kappa shape index (κ2) is 9.80. The van der Waals surface area contributed by atoms with Crippen molar-refractivity contribution < 1.29 is 13.9 Å². The lowest BCUT2D eigenvalue weighted by atomic mass is 10.2. The summed E-state index contributed by atoms with van der Waals surface area (Å²) in [5.74, 6) is 0.367. The van der Waals surface area contributed by atoms with Crippen LogP contribution in [0.25, 0.3) is 15.5 Å². The van der Waals surface area contributed by atoms with Gasteiger partial charge in [0.1, 0.15) is 16.6 Å². The topological polar surface area (TPSA) is 92.1 Å². The standard InChI is InChI=1S/C24H23FN6O3S/c1-34-20-7-5-18(6-8-20)26-23(33)30-11-9-29(10-12-30)15-19-14-21(32)31-24(27-19)35-22(28-31)16-3-2-4-17(25)13-16/h2-8,13-14H,9-12,15H2,1H3,(H,26,33). The molecule has 1 N–H and O–H groups in total. The minimum atomic E-state index is -0.362. The van der Waals surface area contributed by atoms with Crippen LogP contribution in [0.4, 0.5) is 14.9 Å². The number of ether oxygens (including phenoxy) is 1. The zero-order valence-corrected chi connectivity index (χ0v) is 19.8. The van der Waals surface area contributed by atoms with Crippen LogP contribution in [0.3, 0.4) is 0 Å². The third kappa shape index (κ3) is 5.15. The Labute approximate surface area is 204 Å². The largest absolute Gasteiger partial charge is 0.497 e. The molecule has 0 bridgehead atoms. The Morgan fingerprint density at radius 1 is 1.11 bits per heavy atom. The Balaban J connectivity index is 1.21. The Morgan fingerprint density at radius 2 is 1.89 bits per heavy atom. The molecule has 9 nitrogen and oxygen atoms in total. The molecular formula is C24H23FN6O3S. The summed E-state index contributed by atoms with van der Waals surface area (Å²) in [6.45, 7) is 2.94. The molecule has 1 fully saturated rings. The fourth-order valence-electron chi connectivity index (χ4n) is 3.89. The van der Waals surface area contributed by atoms with Crippen LogP contribution in [0.15, 0.2) is 59.4 Å². The highest BCUT2D eigenvalue weighted by Crippen LogP contribution is 2.25. The molecule has 3 heterocycles. The summed E-state index contributed by atoms with van der Waals surface area (Å²) in [5.41, 5.74) is 1.67. The number of fused-ring (bicyclic) bond motifs is 1. The highest BCUT2D eigenvalue weighted by atomic mass is 32.1. The van der Waals surface area contributed by atoms with E-state index in [1.54, 1.807) is 48.4 Å². The Bertz CT molecular complexity index is 1410. The van der Waals surface area contributed by atoms with Crippen molar-refractivity contribution in [3.05, 3.63) is 76.5 Å². The second-order valence-corrected chi connectivity index (χ2v) is 9.08. The predicted octanol–water partition coefficient (Wildman–Crippen LogP) is 3.32. The van der Waals surface area contributed by atoms with E-state index in [0.717, 1.165) is 5.75 Å². The molecule has 0 unspecified atom stereocenters. The smallest absolute Gasteiger partial charge is 0.321 e. The number of hydrogen-bond donors (Lipinski definition) is 1. The first-order valence-corrected chi connectivity index (χ1v) is 11.9. The van der Waals surface area contributed by atoms with E-state index >= 15 is 0 Å². The maximum Gasteiger partial charge on any atom is 0.321 e. The lowest BCUT2D eigenvalue weighted by Gasteiger charge is -2.34. The maximum absolute atomic E-state index is 13.6. The van der Waals surface area contributed by atoms with Crippen LogP contribution in [-0.4, -0.2) is 63.7 Å². The zero-order valence-electron chi connectivity index (χ0n) is 19.0. The van der Waals surface area contributed by atoms with Gasteiger partial charge in [0, 0.05) is 50.0 Å². The molecule has 4 aromatic rings. The van der Waals surface area contributed by atoms with Crippen LogP contribution in [0.5, 0.6) is 5.75 Å².